The molecular formula is C9H5Cl2N3O3S2. The van der Waals surface area contributed by atoms with E-state index in [1.54, 1.807) is 0 Å². The molecule has 0 aliphatic heterocycles. The zero-order valence-corrected chi connectivity index (χ0v) is 12.1. The lowest BCUT2D eigenvalue weighted by atomic mass is 10.3. The van der Waals surface area contributed by atoms with E-state index in [9.17, 15) is 13.2 Å². The summed E-state index contributed by atoms with van der Waals surface area (Å²) >= 11 is 6.82. The number of nitrogens with one attached hydrogen (secondary N) is 1. The Morgan fingerprint density at radius 3 is 2.63 bits per heavy atom. The molecule has 100 valence electrons. The molecule has 0 saturated carbocycles. The summed E-state index contributed by atoms with van der Waals surface area (Å²) in [5.41, 5.74) is 0.488. The second kappa shape index (κ2) is 5.41. The van der Waals surface area contributed by atoms with Gasteiger partial charge in [-0.1, -0.05) is 16.1 Å². The molecule has 6 nitrogen and oxygen atoms in total. The fourth-order valence-corrected chi connectivity index (χ4v) is 3.20. The van der Waals surface area contributed by atoms with Crippen molar-refractivity contribution in [1.29, 1.82) is 0 Å². The molecule has 0 spiro atoms. The van der Waals surface area contributed by atoms with Gasteiger partial charge in [-0.2, -0.15) is 0 Å². The first-order valence-corrected chi connectivity index (χ1v) is 8.23. The van der Waals surface area contributed by atoms with Gasteiger partial charge in [0, 0.05) is 21.7 Å². The molecule has 0 bridgehead atoms. The lowest BCUT2D eigenvalue weighted by Crippen LogP contribution is -2.12. The largest absolute Gasteiger partial charge is 0.321 e. The summed E-state index contributed by atoms with van der Waals surface area (Å²) in [7, 11) is 1.27. The molecule has 10 heteroatoms. The number of amides is 1. The fraction of sp³-hybridized carbons (Fsp3) is 0. The van der Waals surface area contributed by atoms with Crippen LogP contribution in [0.2, 0.25) is 5.02 Å². The average Bonchev–Trinajstić information content (AvgIpc) is 2.80. The molecule has 1 aromatic heterocycles. The molecule has 1 amide bonds. The van der Waals surface area contributed by atoms with Gasteiger partial charge in [0.25, 0.3) is 15.0 Å². The molecule has 0 atom stereocenters. The lowest BCUT2D eigenvalue weighted by Gasteiger charge is -2.05. The van der Waals surface area contributed by atoms with Gasteiger partial charge in [0.05, 0.1) is 5.02 Å². The summed E-state index contributed by atoms with van der Waals surface area (Å²) in [5, 5.41) is 7.51. The van der Waals surface area contributed by atoms with Crippen molar-refractivity contribution in [1.82, 2.24) is 9.59 Å². The van der Waals surface area contributed by atoms with E-state index < -0.39 is 15.0 Å². The average molecular weight is 338 g/mol. The van der Waals surface area contributed by atoms with E-state index in [0.717, 1.165) is 11.5 Å². The van der Waals surface area contributed by atoms with Crippen LogP contribution < -0.4 is 5.32 Å². The maximum absolute atomic E-state index is 11.7. The number of benzene rings is 1. The molecule has 0 aliphatic rings. The maximum atomic E-state index is 11.7. The second-order valence-electron chi connectivity index (χ2n) is 3.33. The summed E-state index contributed by atoms with van der Waals surface area (Å²) in [6.07, 6.45) is 0. The van der Waals surface area contributed by atoms with Gasteiger partial charge in [-0.05, 0) is 29.7 Å². The van der Waals surface area contributed by atoms with Crippen LogP contribution in [0.5, 0.6) is 0 Å². The van der Waals surface area contributed by atoms with E-state index in [1.165, 1.54) is 23.6 Å². The van der Waals surface area contributed by atoms with Crippen LogP contribution in [0.25, 0.3) is 0 Å². The van der Waals surface area contributed by atoms with Crippen LogP contribution in [0.4, 0.5) is 5.69 Å². The predicted molar refractivity (Wildman–Crippen MR) is 72.4 cm³/mol. The lowest BCUT2D eigenvalue weighted by molar-refractivity contribution is 0.102. The number of carbonyl (C=O) groups is 1. The van der Waals surface area contributed by atoms with Crippen molar-refractivity contribution in [3.05, 3.63) is 34.3 Å². The molecule has 1 N–H and O–H groups in total. The number of hydrogen-bond acceptors (Lipinski definition) is 6. The van der Waals surface area contributed by atoms with Gasteiger partial charge in [0.1, 0.15) is 4.90 Å². The minimum Gasteiger partial charge on any atom is -0.321 e. The molecule has 2 aromatic rings. The molecule has 2 rings (SSSR count). The zero-order chi connectivity index (χ0) is 14.0. The van der Waals surface area contributed by atoms with Crippen LogP contribution in [0.15, 0.2) is 28.5 Å². The molecule has 0 fully saturated rings. The molecule has 0 saturated heterocycles. The summed E-state index contributed by atoms with van der Waals surface area (Å²) in [6, 6.07) is 3.87. The predicted octanol–water partition coefficient (Wildman–Crippen LogP) is 2.37. The van der Waals surface area contributed by atoms with E-state index in [1.807, 2.05) is 0 Å². The monoisotopic (exact) mass is 337 g/mol. The normalized spacial score (nSPS) is 11.3. The van der Waals surface area contributed by atoms with Gasteiger partial charge in [-0.15, -0.1) is 5.10 Å². The highest BCUT2D eigenvalue weighted by atomic mass is 35.7. The van der Waals surface area contributed by atoms with Crippen molar-refractivity contribution in [2.75, 3.05) is 5.32 Å². The van der Waals surface area contributed by atoms with Gasteiger partial charge >= 0.3 is 0 Å². The summed E-state index contributed by atoms with van der Waals surface area (Å²) < 4.78 is 25.9. The Labute approximate surface area is 121 Å². The second-order valence-corrected chi connectivity index (χ2v) is 6.88. The first-order chi connectivity index (χ1) is 8.88. The van der Waals surface area contributed by atoms with E-state index in [4.69, 9.17) is 22.3 Å². The highest BCUT2D eigenvalue weighted by molar-refractivity contribution is 8.13. The van der Waals surface area contributed by atoms with Crippen LogP contribution in [-0.2, 0) is 9.05 Å². The van der Waals surface area contributed by atoms with Crippen molar-refractivity contribution in [2.24, 2.45) is 0 Å². The third-order valence-corrected chi connectivity index (χ3v) is 4.35. The zero-order valence-electron chi connectivity index (χ0n) is 9.00. The summed E-state index contributed by atoms with van der Waals surface area (Å²) in [4.78, 5) is 11.5. The van der Waals surface area contributed by atoms with Gasteiger partial charge in [-0.3, -0.25) is 4.79 Å². The van der Waals surface area contributed by atoms with Crippen molar-refractivity contribution in [2.45, 2.75) is 4.90 Å². The van der Waals surface area contributed by atoms with Gasteiger partial charge in [-0.25, -0.2) is 8.42 Å². The smallest absolute Gasteiger partial charge is 0.277 e. The number of rotatable bonds is 3. The van der Waals surface area contributed by atoms with Crippen molar-refractivity contribution in [3.63, 3.8) is 0 Å². The maximum Gasteiger partial charge on any atom is 0.277 e. The number of halogens is 2. The number of carbonyl (C=O) groups excluding carboxylic acids is 1. The Morgan fingerprint density at radius 2 is 2.11 bits per heavy atom. The SMILES string of the molecule is O=C(Nc1ccc(S(=O)(=O)Cl)c(Cl)c1)c1csnn1. The fourth-order valence-electron chi connectivity index (χ4n) is 1.24. The molecule has 0 aliphatic carbocycles. The van der Waals surface area contributed by atoms with Gasteiger partial charge < -0.3 is 5.32 Å². The van der Waals surface area contributed by atoms with E-state index >= 15 is 0 Å². The third-order valence-electron chi connectivity index (χ3n) is 2.05. The molecule has 0 radical (unpaired) electrons. The Hall–Kier alpha value is -1.22. The molecule has 19 heavy (non-hydrogen) atoms. The van der Waals surface area contributed by atoms with E-state index in [-0.39, 0.29) is 15.6 Å². The first-order valence-electron chi connectivity index (χ1n) is 4.70. The minimum atomic E-state index is -3.92. The number of hydrogen-bond donors (Lipinski definition) is 1. The Balaban J connectivity index is 2.24. The molecule has 0 unspecified atom stereocenters. The summed E-state index contributed by atoms with van der Waals surface area (Å²) in [6.45, 7) is 0. The van der Waals surface area contributed by atoms with Crippen molar-refractivity contribution >= 4 is 54.5 Å². The van der Waals surface area contributed by atoms with Crippen LogP contribution in [0.1, 0.15) is 10.5 Å². The molecule has 1 aromatic carbocycles. The standard InChI is InChI=1S/C9H5Cl2N3O3S2/c10-6-3-5(1-2-8(6)19(11,16)17)12-9(15)7-4-18-14-13-7/h1-4H,(H,12,15). The molecule has 1 heterocycles. The van der Waals surface area contributed by atoms with Crippen LogP contribution in [0.3, 0.4) is 0 Å². The summed E-state index contributed by atoms with van der Waals surface area (Å²) in [5.74, 6) is -0.466. The van der Waals surface area contributed by atoms with Crippen molar-refractivity contribution in [3.8, 4) is 0 Å². The highest BCUT2D eigenvalue weighted by Crippen LogP contribution is 2.27. The van der Waals surface area contributed by atoms with Crippen LogP contribution in [0, 0.1) is 0 Å². The van der Waals surface area contributed by atoms with E-state index in [0.29, 0.717) is 5.69 Å². The Morgan fingerprint density at radius 1 is 1.37 bits per heavy atom. The Bertz CT molecular complexity index is 716. The van der Waals surface area contributed by atoms with Gasteiger partial charge in [0.2, 0.25) is 0 Å². The third kappa shape index (κ3) is 3.41. The van der Waals surface area contributed by atoms with Crippen molar-refractivity contribution < 1.29 is 13.2 Å². The van der Waals surface area contributed by atoms with Crippen LogP contribution in [-0.4, -0.2) is 23.9 Å². The Kier molecular flexibility index (Phi) is 4.04. The number of anilines is 1. The van der Waals surface area contributed by atoms with Crippen LogP contribution >= 0.6 is 33.8 Å². The topological polar surface area (TPSA) is 89.0 Å². The number of nitrogens with zero attached hydrogens (tertiary/aromatic N) is 2. The number of aromatic nitrogens is 2. The van der Waals surface area contributed by atoms with E-state index in [2.05, 4.69) is 14.9 Å². The minimum absolute atomic E-state index is 0.0794. The first kappa shape index (κ1) is 14.2. The highest BCUT2D eigenvalue weighted by Gasteiger charge is 2.16. The van der Waals surface area contributed by atoms with Gasteiger partial charge in [0.15, 0.2) is 5.69 Å². The quantitative estimate of drug-likeness (QED) is 0.868. The molecular weight excluding hydrogens is 333 g/mol.